The van der Waals surface area contributed by atoms with Crippen molar-refractivity contribution < 1.29 is 35.5 Å². The first-order valence-electron chi connectivity index (χ1n) is 9.34. The monoisotopic (exact) mass is 449 g/mol. The number of alkyl halides is 6. The predicted octanol–water partition coefficient (Wildman–Crippen LogP) is 5.28. The van der Waals surface area contributed by atoms with Gasteiger partial charge in [-0.15, -0.1) is 0 Å². The van der Waals surface area contributed by atoms with E-state index >= 15 is 0 Å². The summed E-state index contributed by atoms with van der Waals surface area (Å²) in [5.41, 5.74) is -2.83. The Bertz CT molecular complexity index is 909. The van der Waals surface area contributed by atoms with Crippen molar-refractivity contribution in [3.05, 3.63) is 53.5 Å². The van der Waals surface area contributed by atoms with Gasteiger partial charge in [-0.05, 0) is 55.7 Å². The van der Waals surface area contributed by atoms with Crippen molar-refractivity contribution in [1.29, 1.82) is 0 Å². The molecule has 1 atom stereocenters. The first-order valence-corrected chi connectivity index (χ1v) is 9.34. The normalized spacial score (nSPS) is 17.5. The minimum Gasteiger partial charge on any atom is -0.345 e. The lowest BCUT2D eigenvalue weighted by Gasteiger charge is -2.38. The van der Waals surface area contributed by atoms with Crippen molar-refractivity contribution >= 4 is 17.4 Å². The number of rotatable bonds is 3. The second-order valence-corrected chi connectivity index (χ2v) is 7.17. The minimum atomic E-state index is -5.09. The Labute approximate surface area is 173 Å². The summed E-state index contributed by atoms with van der Waals surface area (Å²) < 4.78 is 92.4. The van der Waals surface area contributed by atoms with Crippen molar-refractivity contribution in [3.8, 4) is 0 Å². The van der Waals surface area contributed by atoms with Crippen LogP contribution in [0.4, 0.5) is 42.2 Å². The summed E-state index contributed by atoms with van der Waals surface area (Å²) in [6.07, 6.45) is -8.84. The van der Waals surface area contributed by atoms with Crippen molar-refractivity contribution in [3.63, 3.8) is 0 Å². The third-order valence-electron chi connectivity index (χ3n) is 5.06. The number of carbonyl (C=O) groups excluding carboxylic acids is 1. The highest BCUT2D eigenvalue weighted by Gasteiger charge is 2.40. The van der Waals surface area contributed by atoms with Gasteiger partial charge < -0.3 is 9.80 Å². The van der Waals surface area contributed by atoms with Crippen LogP contribution in [-0.4, -0.2) is 30.5 Å². The number of carbonyl (C=O) groups is 1. The average Bonchev–Trinajstić information content (AvgIpc) is 2.71. The van der Waals surface area contributed by atoms with Crippen LogP contribution in [0.1, 0.15) is 30.5 Å². The van der Waals surface area contributed by atoms with E-state index in [-0.39, 0.29) is 19.0 Å². The predicted molar refractivity (Wildman–Crippen MR) is 99.0 cm³/mol. The van der Waals surface area contributed by atoms with Crippen molar-refractivity contribution in [1.82, 2.24) is 4.98 Å². The third kappa shape index (κ3) is 5.08. The zero-order valence-corrected chi connectivity index (χ0v) is 16.3. The van der Waals surface area contributed by atoms with Crippen LogP contribution in [0.3, 0.4) is 0 Å². The Balaban J connectivity index is 1.99. The summed E-state index contributed by atoms with van der Waals surface area (Å²) in [4.78, 5) is 18.8. The quantitative estimate of drug-likeness (QED) is 0.599. The number of nitrogens with zero attached hydrogens (tertiary/aromatic N) is 3. The topological polar surface area (TPSA) is 36.4 Å². The molecule has 0 N–H and O–H groups in total. The number of anilines is 2. The molecule has 0 saturated carbocycles. The van der Waals surface area contributed by atoms with E-state index in [4.69, 9.17) is 0 Å². The number of hydrogen-bond donors (Lipinski definition) is 0. The molecule has 1 aliphatic rings. The number of pyridine rings is 1. The number of halogens is 7. The van der Waals surface area contributed by atoms with Crippen molar-refractivity contribution in [2.45, 2.75) is 37.7 Å². The number of piperidine rings is 1. The van der Waals surface area contributed by atoms with Crippen LogP contribution in [0.5, 0.6) is 0 Å². The van der Waals surface area contributed by atoms with E-state index in [9.17, 15) is 35.5 Å². The first kappa shape index (κ1) is 22.8. The molecule has 2 heterocycles. The maximum absolute atomic E-state index is 13.2. The van der Waals surface area contributed by atoms with Gasteiger partial charge in [0.05, 0.1) is 5.56 Å². The SMILES string of the molecule is CN(C(=O)C1CCCCN1c1cc(C(F)(F)F)cc(C(F)(F)F)n1)c1ccc(F)cc1. The van der Waals surface area contributed by atoms with Gasteiger partial charge in [0.15, 0.2) is 0 Å². The molecule has 0 bridgehead atoms. The fourth-order valence-electron chi connectivity index (χ4n) is 3.45. The van der Waals surface area contributed by atoms with E-state index in [1.54, 1.807) is 0 Å². The summed E-state index contributed by atoms with van der Waals surface area (Å²) >= 11 is 0. The van der Waals surface area contributed by atoms with E-state index in [2.05, 4.69) is 4.98 Å². The second kappa shape index (κ2) is 8.35. The Morgan fingerprint density at radius 3 is 2.26 bits per heavy atom. The number of aromatic nitrogens is 1. The highest BCUT2D eigenvalue weighted by Crippen LogP contribution is 2.37. The zero-order chi connectivity index (χ0) is 23.0. The molecule has 0 radical (unpaired) electrons. The van der Waals surface area contributed by atoms with E-state index in [0.717, 1.165) is 12.1 Å². The van der Waals surface area contributed by atoms with Gasteiger partial charge in [0.25, 0.3) is 0 Å². The molecule has 1 unspecified atom stereocenters. The van der Waals surface area contributed by atoms with Gasteiger partial charge in [-0.1, -0.05) is 0 Å². The van der Waals surface area contributed by atoms with Crippen LogP contribution in [0, 0.1) is 5.82 Å². The van der Waals surface area contributed by atoms with Crippen LogP contribution in [0.2, 0.25) is 0 Å². The lowest BCUT2D eigenvalue weighted by atomic mass is 10.00. The summed E-state index contributed by atoms with van der Waals surface area (Å²) in [7, 11) is 1.41. The number of amides is 1. The fraction of sp³-hybridized carbons (Fsp3) is 0.400. The van der Waals surface area contributed by atoms with Gasteiger partial charge in [0.2, 0.25) is 5.91 Å². The van der Waals surface area contributed by atoms with Crippen LogP contribution in [-0.2, 0) is 17.1 Å². The van der Waals surface area contributed by atoms with Gasteiger partial charge in [0.1, 0.15) is 23.4 Å². The highest BCUT2D eigenvalue weighted by molar-refractivity contribution is 5.98. The molecule has 1 fully saturated rings. The average molecular weight is 449 g/mol. The van der Waals surface area contributed by atoms with E-state index < -0.39 is 47.2 Å². The van der Waals surface area contributed by atoms with Crippen molar-refractivity contribution in [2.24, 2.45) is 0 Å². The van der Waals surface area contributed by atoms with Crippen LogP contribution in [0.25, 0.3) is 0 Å². The maximum Gasteiger partial charge on any atom is 0.433 e. The summed E-state index contributed by atoms with van der Waals surface area (Å²) in [6.45, 7) is 0.0687. The largest absolute Gasteiger partial charge is 0.433 e. The molecule has 2 aromatic rings. The first-order chi connectivity index (χ1) is 14.4. The fourth-order valence-corrected chi connectivity index (χ4v) is 3.45. The minimum absolute atomic E-state index is 0.0467. The van der Waals surface area contributed by atoms with Gasteiger partial charge in [-0.3, -0.25) is 4.79 Å². The van der Waals surface area contributed by atoms with Crippen LogP contribution < -0.4 is 9.80 Å². The standard InChI is InChI=1S/C20H18F7N3O/c1-29(14-7-5-13(21)6-8-14)18(31)15-4-2-3-9-30(15)17-11-12(19(22,23)24)10-16(28-17)20(25,26)27/h5-8,10-11,15H,2-4,9H2,1H3. The van der Waals surface area contributed by atoms with Gasteiger partial charge in [-0.2, -0.15) is 26.3 Å². The number of benzene rings is 1. The summed E-state index contributed by atoms with van der Waals surface area (Å²) in [6, 6.07) is 4.45. The van der Waals surface area contributed by atoms with Crippen LogP contribution in [0.15, 0.2) is 36.4 Å². The Morgan fingerprint density at radius 2 is 1.68 bits per heavy atom. The molecular weight excluding hydrogens is 431 g/mol. The smallest absolute Gasteiger partial charge is 0.345 e. The molecule has 1 aliphatic heterocycles. The molecule has 3 rings (SSSR count). The molecule has 1 amide bonds. The Morgan fingerprint density at radius 1 is 1.03 bits per heavy atom. The molecule has 11 heteroatoms. The molecule has 1 aromatic heterocycles. The van der Waals surface area contributed by atoms with E-state index in [1.807, 2.05) is 0 Å². The molecule has 1 saturated heterocycles. The van der Waals surface area contributed by atoms with Crippen molar-refractivity contribution in [2.75, 3.05) is 23.4 Å². The molecule has 31 heavy (non-hydrogen) atoms. The zero-order valence-electron chi connectivity index (χ0n) is 16.3. The van der Waals surface area contributed by atoms with Crippen LogP contribution >= 0.6 is 0 Å². The van der Waals surface area contributed by atoms with Gasteiger partial charge in [-0.25, -0.2) is 9.37 Å². The second-order valence-electron chi connectivity index (χ2n) is 7.17. The lowest BCUT2D eigenvalue weighted by molar-refractivity contribution is -0.145. The number of hydrogen-bond acceptors (Lipinski definition) is 3. The molecule has 0 spiro atoms. The summed E-state index contributed by atoms with van der Waals surface area (Å²) in [5.74, 6) is -1.62. The van der Waals surface area contributed by atoms with E-state index in [0.29, 0.717) is 24.6 Å². The van der Waals surface area contributed by atoms with E-state index in [1.165, 1.54) is 29.0 Å². The highest BCUT2D eigenvalue weighted by atomic mass is 19.4. The number of likely N-dealkylation sites (N-methyl/N-ethyl adjacent to an activating group) is 1. The molecular formula is C20H18F7N3O. The molecule has 168 valence electrons. The van der Waals surface area contributed by atoms with Gasteiger partial charge in [0, 0.05) is 19.3 Å². The third-order valence-corrected chi connectivity index (χ3v) is 5.06. The maximum atomic E-state index is 13.2. The van der Waals surface area contributed by atoms with Gasteiger partial charge >= 0.3 is 12.4 Å². The summed E-state index contributed by atoms with van der Waals surface area (Å²) in [5, 5.41) is 0. The Kier molecular flexibility index (Phi) is 6.15. The molecule has 0 aliphatic carbocycles. The lowest BCUT2D eigenvalue weighted by Crippen LogP contribution is -2.50. The molecule has 4 nitrogen and oxygen atoms in total. The molecule has 1 aromatic carbocycles. The Hall–Kier alpha value is -2.85.